The van der Waals surface area contributed by atoms with Gasteiger partial charge in [0.2, 0.25) is 0 Å². The van der Waals surface area contributed by atoms with Gasteiger partial charge in [0.25, 0.3) is 8.32 Å². The van der Waals surface area contributed by atoms with Crippen LogP contribution >= 0.6 is 0 Å². The van der Waals surface area contributed by atoms with E-state index in [0.29, 0.717) is 23.5 Å². The third-order valence-electron chi connectivity index (χ3n) is 4.22. The molecule has 0 unspecified atom stereocenters. The van der Waals surface area contributed by atoms with Crippen LogP contribution in [0.25, 0.3) is 11.0 Å². The SMILES string of the molecule is CCOC(=O)c1cc(O[Si](C)(C)C(C)(C)C)c2ccoc2c1. The van der Waals surface area contributed by atoms with Gasteiger partial charge in [0.15, 0.2) is 0 Å². The first kappa shape index (κ1) is 16.6. The number of carbonyl (C=O) groups excluding carboxylic acids is 1. The first-order valence-corrected chi connectivity index (χ1v) is 10.4. The molecule has 1 aromatic carbocycles. The van der Waals surface area contributed by atoms with Crippen LogP contribution in [0.4, 0.5) is 0 Å². The van der Waals surface area contributed by atoms with Crippen LogP contribution in [0.3, 0.4) is 0 Å². The molecule has 5 heteroatoms. The van der Waals surface area contributed by atoms with Crippen LogP contribution in [-0.2, 0) is 4.74 Å². The Kier molecular flexibility index (Phi) is 4.38. The molecule has 22 heavy (non-hydrogen) atoms. The van der Waals surface area contributed by atoms with Gasteiger partial charge in [0, 0.05) is 0 Å². The van der Waals surface area contributed by atoms with Crippen molar-refractivity contribution in [3.05, 3.63) is 30.0 Å². The van der Waals surface area contributed by atoms with Gasteiger partial charge in [-0.05, 0) is 43.3 Å². The Bertz CT molecular complexity index is 680. The van der Waals surface area contributed by atoms with Crippen molar-refractivity contribution in [3.8, 4) is 5.75 Å². The molecule has 0 fully saturated rings. The maximum absolute atomic E-state index is 12.0. The third kappa shape index (κ3) is 3.19. The number of carbonyl (C=O) groups is 1. The summed E-state index contributed by atoms with van der Waals surface area (Å²) in [5.41, 5.74) is 1.09. The molecule has 0 saturated heterocycles. The Morgan fingerprint density at radius 1 is 1.27 bits per heavy atom. The number of benzene rings is 1. The molecule has 0 radical (unpaired) electrons. The number of esters is 1. The second-order valence-electron chi connectivity index (χ2n) is 6.89. The lowest BCUT2D eigenvalue weighted by molar-refractivity contribution is 0.0526. The lowest BCUT2D eigenvalue weighted by Gasteiger charge is -2.36. The molecular weight excluding hydrogens is 296 g/mol. The van der Waals surface area contributed by atoms with Crippen molar-refractivity contribution in [1.29, 1.82) is 0 Å². The lowest BCUT2D eigenvalue weighted by Crippen LogP contribution is -2.43. The second kappa shape index (κ2) is 5.80. The summed E-state index contributed by atoms with van der Waals surface area (Å²) in [6, 6.07) is 5.33. The molecule has 0 bridgehead atoms. The zero-order valence-electron chi connectivity index (χ0n) is 14.1. The first-order chi connectivity index (χ1) is 10.2. The average Bonchev–Trinajstić information content (AvgIpc) is 2.85. The van der Waals surface area contributed by atoms with E-state index >= 15 is 0 Å². The van der Waals surface area contributed by atoms with Gasteiger partial charge in [-0.3, -0.25) is 0 Å². The summed E-state index contributed by atoms with van der Waals surface area (Å²) in [7, 11) is -2.01. The van der Waals surface area contributed by atoms with Gasteiger partial charge in [-0.25, -0.2) is 4.79 Å². The fraction of sp³-hybridized carbons (Fsp3) is 0.471. The van der Waals surface area contributed by atoms with Crippen molar-refractivity contribution in [2.24, 2.45) is 0 Å². The molecule has 1 heterocycles. The van der Waals surface area contributed by atoms with Crippen LogP contribution in [0.15, 0.2) is 28.9 Å². The molecule has 0 aliphatic carbocycles. The van der Waals surface area contributed by atoms with E-state index < -0.39 is 8.32 Å². The Morgan fingerprint density at radius 2 is 1.95 bits per heavy atom. The van der Waals surface area contributed by atoms with Crippen LogP contribution < -0.4 is 4.43 Å². The Balaban J connectivity index is 2.48. The number of rotatable bonds is 4. The normalized spacial score (nSPS) is 12.5. The van der Waals surface area contributed by atoms with E-state index in [9.17, 15) is 4.79 Å². The van der Waals surface area contributed by atoms with E-state index in [1.807, 2.05) is 6.07 Å². The van der Waals surface area contributed by atoms with E-state index in [-0.39, 0.29) is 11.0 Å². The van der Waals surface area contributed by atoms with Crippen LogP contribution in [0.2, 0.25) is 18.1 Å². The van der Waals surface area contributed by atoms with Gasteiger partial charge >= 0.3 is 5.97 Å². The molecule has 0 saturated carbocycles. The molecular formula is C17H24O4Si. The highest BCUT2D eigenvalue weighted by molar-refractivity contribution is 6.74. The van der Waals surface area contributed by atoms with Crippen LogP contribution in [-0.4, -0.2) is 20.9 Å². The monoisotopic (exact) mass is 320 g/mol. The zero-order chi connectivity index (χ0) is 16.5. The van der Waals surface area contributed by atoms with E-state index in [1.165, 1.54) is 0 Å². The molecule has 4 nitrogen and oxygen atoms in total. The van der Waals surface area contributed by atoms with Crippen molar-refractivity contribution in [2.45, 2.75) is 45.8 Å². The van der Waals surface area contributed by atoms with Crippen LogP contribution in [0.1, 0.15) is 38.1 Å². The molecule has 0 aliphatic heterocycles. The number of ether oxygens (including phenoxy) is 1. The quantitative estimate of drug-likeness (QED) is 0.588. The minimum Gasteiger partial charge on any atom is -0.543 e. The molecule has 1 aromatic heterocycles. The highest BCUT2D eigenvalue weighted by Gasteiger charge is 2.39. The van der Waals surface area contributed by atoms with Gasteiger partial charge in [0.1, 0.15) is 11.3 Å². The first-order valence-electron chi connectivity index (χ1n) is 7.53. The third-order valence-corrected chi connectivity index (χ3v) is 8.56. The lowest BCUT2D eigenvalue weighted by atomic mass is 10.1. The summed E-state index contributed by atoms with van der Waals surface area (Å²) < 4.78 is 16.9. The largest absolute Gasteiger partial charge is 0.543 e. The summed E-state index contributed by atoms with van der Waals surface area (Å²) >= 11 is 0. The van der Waals surface area contributed by atoms with E-state index in [0.717, 1.165) is 5.39 Å². The van der Waals surface area contributed by atoms with E-state index in [1.54, 1.807) is 25.3 Å². The van der Waals surface area contributed by atoms with Crippen molar-refractivity contribution in [3.63, 3.8) is 0 Å². The number of hydrogen-bond acceptors (Lipinski definition) is 4. The second-order valence-corrected chi connectivity index (χ2v) is 11.6. The maximum Gasteiger partial charge on any atom is 0.338 e. The zero-order valence-corrected chi connectivity index (χ0v) is 15.1. The van der Waals surface area contributed by atoms with Gasteiger partial charge in [-0.15, -0.1) is 0 Å². The van der Waals surface area contributed by atoms with Crippen LogP contribution in [0.5, 0.6) is 5.75 Å². The summed E-state index contributed by atoms with van der Waals surface area (Å²) in [5, 5.41) is 0.959. The molecule has 0 N–H and O–H groups in total. The standard InChI is InChI=1S/C17H24O4Si/c1-7-19-16(18)12-10-14-13(8-9-20-14)15(11-12)21-22(5,6)17(2,3)4/h8-11H,7H2,1-6H3. The summed E-state index contributed by atoms with van der Waals surface area (Å²) in [6.45, 7) is 13.0. The summed E-state index contributed by atoms with van der Waals surface area (Å²) in [5.74, 6) is 0.335. The number of furan rings is 1. The molecule has 0 atom stereocenters. The highest BCUT2D eigenvalue weighted by atomic mass is 28.4. The van der Waals surface area contributed by atoms with Gasteiger partial charge < -0.3 is 13.6 Å². The van der Waals surface area contributed by atoms with Crippen molar-refractivity contribution < 1.29 is 18.4 Å². The molecule has 0 spiro atoms. The predicted molar refractivity (Wildman–Crippen MR) is 90.0 cm³/mol. The maximum atomic E-state index is 12.0. The number of hydrogen-bond donors (Lipinski definition) is 0. The molecule has 2 rings (SSSR count). The fourth-order valence-electron chi connectivity index (χ4n) is 1.88. The minimum atomic E-state index is -2.01. The minimum absolute atomic E-state index is 0.0724. The van der Waals surface area contributed by atoms with Crippen molar-refractivity contribution >= 4 is 25.3 Å². The Labute approximate surface area is 132 Å². The van der Waals surface area contributed by atoms with E-state index in [4.69, 9.17) is 13.6 Å². The number of fused-ring (bicyclic) bond motifs is 1. The fourth-order valence-corrected chi connectivity index (χ4v) is 2.91. The molecule has 120 valence electrons. The molecule has 0 aliphatic rings. The van der Waals surface area contributed by atoms with Crippen LogP contribution in [0, 0.1) is 0 Å². The summed E-state index contributed by atoms with van der Waals surface area (Å²) in [6.07, 6.45) is 1.61. The van der Waals surface area contributed by atoms with Gasteiger partial charge in [0.05, 0.1) is 23.8 Å². The average molecular weight is 320 g/mol. The predicted octanol–water partition coefficient (Wildman–Crippen LogP) is 4.99. The smallest absolute Gasteiger partial charge is 0.338 e. The molecule has 2 aromatic rings. The highest BCUT2D eigenvalue weighted by Crippen LogP contribution is 2.39. The van der Waals surface area contributed by atoms with Crippen molar-refractivity contribution in [1.82, 2.24) is 0 Å². The van der Waals surface area contributed by atoms with Gasteiger partial charge in [-0.2, -0.15) is 0 Å². The van der Waals surface area contributed by atoms with Gasteiger partial charge in [-0.1, -0.05) is 20.8 Å². The topological polar surface area (TPSA) is 48.7 Å². The van der Waals surface area contributed by atoms with E-state index in [2.05, 4.69) is 33.9 Å². The summed E-state index contributed by atoms with van der Waals surface area (Å²) in [4.78, 5) is 12.0. The Morgan fingerprint density at radius 3 is 2.55 bits per heavy atom. The Hall–Kier alpha value is -1.75. The van der Waals surface area contributed by atoms with Crippen molar-refractivity contribution in [2.75, 3.05) is 6.61 Å². The molecule has 0 amide bonds.